The van der Waals surface area contributed by atoms with Gasteiger partial charge in [-0.1, -0.05) is 17.7 Å². The highest BCUT2D eigenvalue weighted by molar-refractivity contribution is 6.31. The maximum Gasteiger partial charge on any atom is 0.199 e. The van der Waals surface area contributed by atoms with Gasteiger partial charge in [0.1, 0.15) is 5.75 Å². The molecule has 0 aliphatic heterocycles. The van der Waals surface area contributed by atoms with Gasteiger partial charge in [-0.25, -0.2) is 8.78 Å². The number of hydrogen-bond donors (Lipinski definition) is 0. The van der Waals surface area contributed by atoms with Gasteiger partial charge in [-0.15, -0.1) is 0 Å². The number of ketones is 1. The lowest BCUT2D eigenvalue weighted by Crippen LogP contribution is -2.07. The summed E-state index contributed by atoms with van der Waals surface area (Å²) in [5.74, 6) is -2.70. The SMILES string of the molecule is COc1ccc(Cl)cc1C(=O)c1cccc(F)c1F. The number of benzene rings is 2. The lowest BCUT2D eigenvalue weighted by Gasteiger charge is -2.09. The summed E-state index contributed by atoms with van der Waals surface area (Å²) in [6.07, 6.45) is 0. The van der Waals surface area contributed by atoms with Crippen LogP contribution in [0.15, 0.2) is 36.4 Å². The summed E-state index contributed by atoms with van der Waals surface area (Å²) in [5.41, 5.74) is -0.278. The Hall–Kier alpha value is -1.94. The van der Waals surface area contributed by atoms with Gasteiger partial charge >= 0.3 is 0 Å². The van der Waals surface area contributed by atoms with Crippen molar-refractivity contribution in [2.75, 3.05) is 7.11 Å². The summed E-state index contributed by atoms with van der Waals surface area (Å²) in [6.45, 7) is 0. The van der Waals surface area contributed by atoms with Crippen molar-refractivity contribution in [3.63, 3.8) is 0 Å². The van der Waals surface area contributed by atoms with Crippen LogP contribution in [0.2, 0.25) is 5.02 Å². The second-order valence-corrected chi connectivity index (χ2v) is 4.21. The zero-order chi connectivity index (χ0) is 14.0. The molecule has 0 aliphatic rings. The molecule has 98 valence electrons. The maximum absolute atomic E-state index is 13.6. The predicted molar refractivity (Wildman–Crippen MR) is 67.8 cm³/mol. The van der Waals surface area contributed by atoms with Crippen molar-refractivity contribution >= 4 is 17.4 Å². The Morgan fingerprint density at radius 2 is 1.89 bits per heavy atom. The van der Waals surface area contributed by atoms with Crippen LogP contribution < -0.4 is 4.74 Å². The molecule has 0 bridgehead atoms. The van der Waals surface area contributed by atoms with Gasteiger partial charge in [-0.3, -0.25) is 4.79 Å². The number of ether oxygens (including phenoxy) is 1. The molecular formula is C14H9ClF2O2. The van der Waals surface area contributed by atoms with Gasteiger partial charge in [0.2, 0.25) is 0 Å². The van der Waals surface area contributed by atoms with Crippen LogP contribution in [-0.4, -0.2) is 12.9 Å². The van der Waals surface area contributed by atoms with E-state index in [0.717, 1.165) is 6.07 Å². The first-order chi connectivity index (χ1) is 9.04. The van der Waals surface area contributed by atoms with Crippen molar-refractivity contribution in [2.24, 2.45) is 0 Å². The highest BCUT2D eigenvalue weighted by Gasteiger charge is 2.20. The normalized spacial score (nSPS) is 10.3. The van der Waals surface area contributed by atoms with Crippen molar-refractivity contribution in [1.82, 2.24) is 0 Å². The van der Waals surface area contributed by atoms with Crippen LogP contribution in [0.5, 0.6) is 5.75 Å². The Morgan fingerprint density at radius 3 is 2.58 bits per heavy atom. The van der Waals surface area contributed by atoms with Crippen molar-refractivity contribution in [3.8, 4) is 5.75 Å². The van der Waals surface area contributed by atoms with Crippen molar-refractivity contribution in [2.45, 2.75) is 0 Å². The van der Waals surface area contributed by atoms with Crippen molar-refractivity contribution in [1.29, 1.82) is 0 Å². The van der Waals surface area contributed by atoms with Gasteiger partial charge < -0.3 is 4.74 Å². The smallest absolute Gasteiger partial charge is 0.199 e. The first-order valence-corrected chi connectivity index (χ1v) is 5.74. The zero-order valence-corrected chi connectivity index (χ0v) is 10.7. The van der Waals surface area contributed by atoms with E-state index in [4.69, 9.17) is 16.3 Å². The van der Waals surface area contributed by atoms with Crippen LogP contribution in [0, 0.1) is 11.6 Å². The molecule has 0 amide bonds. The van der Waals surface area contributed by atoms with Crippen LogP contribution in [0.3, 0.4) is 0 Å². The summed E-state index contributed by atoms with van der Waals surface area (Å²) in [5, 5.41) is 0.306. The molecule has 0 fully saturated rings. The maximum atomic E-state index is 13.6. The van der Waals surface area contributed by atoms with E-state index in [2.05, 4.69) is 0 Å². The lowest BCUT2D eigenvalue weighted by atomic mass is 10.0. The number of rotatable bonds is 3. The number of halogens is 3. The number of carbonyl (C=O) groups is 1. The summed E-state index contributed by atoms with van der Waals surface area (Å²) in [7, 11) is 1.38. The summed E-state index contributed by atoms with van der Waals surface area (Å²) < 4.78 is 31.8. The molecule has 19 heavy (non-hydrogen) atoms. The Labute approximate surface area is 113 Å². The lowest BCUT2D eigenvalue weighted by molar-refractivity contribution is 0.103. The molecule has 0 unspecified atom stereocenters. The molecular weight excluding hydrogens is 274 g/mol. The van der Waals surface area contributed by atoms with E-state index in [1.165, 1.54) is 31.4 Å². The van der Waals surface area contributed by atoms with Crippen LogP contribution in [0.1, 0.15) is 15.9 Å². The fraction of sp³-hybridized carbons (Fsp3) is 0.0714. The molecule has 2 aromatic rings. The molecule has 2 aromatic carbocycles. The minimum atomic E-state index is -1.19. The summed E-state index contributed by atoms with van der Waals surface area (Å²) in [4.78, 5) is 12.2. The predicted octanol–water partition coefficient (Wildman–Crippen LogP) is 3.86. The first kappa shape index (κ1) is 13.5. The van der Waals surface area contributed by atoms with Crippen LogP contribution >= 0.6 is 11.6 Å². The third kappa shape index (κ3) is 2.58. The average molecular weight is 283 g/mol. The van der Waals surface area contributed by atoms with E-state index in [1.807, 2.05) is 0 Å². The topological polar surface area (TPSA) is 26.3 Å². The van der Waals surface area contributed by atoms with Crippen molar-refractivity contribution in [3.05, 3.63) is 64.2 Å². The van der Waals surface area contributed by atoms with E-state index in [0.29, 0.717) is 5.02 Å². The molecule has 0 saturated heterocycles. The van der Waals surface area contributed by atoms with E-state index in [1.54, 1.807) is 6.07 Å². The Balaban J connectivity index is 2.56. The molecule has 5 heteroatoms. The standard InChI is InChI=1S/C14H9ClF2O2/c1-19-12-6-5-8(15)7-10(12)14(18)9-3-2-4-11(16)13(9)17/h2-7H,1H3. The average Bonchev–Trinajstić information content (AvgIpc) is 2.41. The highest BCUT2D eigenvalue weighted by Crippen LogP contribution is 2.26. The van der Waals surface area contributed by atoms with Gasteiger partial charge in [0.15, 0.2) is 17.4 Å². The number of carbonyl (C=O) groups excluding carboxylic acids is 1. The quantitative estimate of drug-likeness (QED) is 0.799. The fourth-order valence-corrected chi connectivity index (χ4v) is 1.85. The van der Waals surface area contributed by atoms with Crippen molar-refractivity contribution < 1.29 is 18.3 Å². The zero-order valence-electron chi connectivity index (χ0n) is 9.91. The molecule has 2 nitrogen and oxygen atoms in total. The largest absolute Gasteiger partial charge is 0.496 e. The van der Waals surface area contributed by atoms with E-state index < -0.39 is 17.4 Å². The van der Waals surface area contributed by atoms with Gasteiger partial charge in [-0.2, -0.15) is 0 Å². The molecule has 0 spiro atoms. The second kappa shape index (κ2) is 5.36. The molecule has 0 N–H and O–H groups in total. The van der Waals surface area contributed by atoms with Crippen LogP contribution in [0.4, 0.5) is 8.78 Å². The van der Waals surface area contributed by atoms with Gasteiger partial charge in [-0.05, 0) is 30.3 Å². The number of methoxy groups -OCH3 is 1. The van der Waals surface area contributed by atoms with Crippen LogP contribution in [0.25, 0.3) is 0 Å². The van der Waals surface area contributed by atoms with Gasteiger partial charge in [0.05, 0.1) is 18.2 Å². The minimum absolute atomic E-state index is 0.0829. The molecule has 0 atom stereocenters. The Bertz CT molecular complexity index is 641. The molecule has 0 heterocycles. The molecule has 0 aliphatic carbocycles. The third-order valence-electron chi connectivity index (χ3n) is 2.60. The van der Waals surface area contributed by atoms with Gasteiger partial charge in [0, 0.05) is 5.02 Å². The van der Waals surface area contributed by atoms with E-state index >= 15 is 0 Å². The summed E-state index contributed by atoms with van der Waals surface area (Å²) >= 11 is 5.80. The highest BCUT2D eigenvalue weighted by atomic mass is 35.5. The molecule has 2 rings (SSSR count). The van der Waals surface area contributed by atoms with Gasteiger partial charge in [0.25, 0.3) is 0 Å². The molecule has 0 radical (unpaired) electrons. The Kier molecular flexibility index (Phi) is 3.81. The summed E-state index contributed by atoms with van der Waals surface area (Å²) in [6, 6.07) is 7.81. The van der Waals surface area contributed by atoms with Crippen LogP contribution in [-0.2, 0) is 0 Å². The second-order valence-electron chi connectivity index (χ2n) is 3.78. The number of hydrogen-bond acceptors (Lipinski definition) is 2. The third-order valence-corrected chi connectivity index (χ3v) is 2.84. The minimum Gasteiger partial charge on any atom is -0.496 e. The Morgan fingerprint density at radius 1 is 1.16 bits per heavy atom. The molecule has 0 saturated carbocycles. The monoisotopic (exact) mass is 282 g/mol. The first-order valence-electron chi connectivity index (χ1n) is 5.37. The fourth-order valence-electron chi connectivity index (χ4n) is 1.68. The molecule has 0 aromatic heterocycles. The van der Waals surface area contributed by atoms with E-state index in [-0.39, 0.29) is 16.9 Å². The van der Waals surface area contributed by atoms with E-state index in [9.17, 15) is 13.6 Å².